The Morgan fingerprint density at radius 2 is 2.33 bits per heavy atom. The van der Waals surface area contributed by atoms with E-state index in [0.717, 1.165) is 0 Å². The molecule has 0 saturated carbocycles. The van der Waals surface area contributed by atoms with Gasteiger partial charge in [0, 0.05) is 12.4 Å². The quantitative estimate of drug-likeness (QED) is 0.621. The van der Waals surface area contributed by atoms with Gasteiger partial charge in [-0.25, -0.2) is 9.98 Å². The second-order valence-corrected chi connectivity index (χ2v) is 3.75. The number of hydrogen-bond acceptors (Lipinski definition) is 7. The smallest absolute Gasteiger partial charge is 0.275 e. The number of ether oxygens (including phenoxy) is 1. The maximum Gasteiger partial charge on any atom is 0.275 e. The average molecular weight is 246 g/mol. The number of rotatable bonds is 2. The lowest BCUT2D eigenvalue weighted by Gasteiger charge is -2.12. The molecule has 0 aromatic carbocycles. The molecular weight excluding hydrogens is 236 g/mol. The molecule has 0 saturated heterocycles. The van der Waals surface area contributed by atoms with E-state index in [-0.39, 0.29) is 11.9 Å². The first-order valence-electron chi connectivity index (χ1n) is 5.21. The summed E-state index contributed by atoms with van der Waals surface area (Å²) in [6.07, 6.45) is 2.67. The fraction of sp³-hybridized carbons (Fsp3) is 0.200. The summed E-state index contributed by atoms with van der Waals surface area (Å²) in [5.41, 5.74) is 7.14. The fourth-order valence-electron chi connectivity index (χ4n) is 1.83. The molecule has 1 atom stereocenters. The number of aliphatic imine (C=N–C) groups is 1. The molecule has 1 unspecified atom stereocenters. The van der Waals surface area contributed by atoms with Crippen LogP contribution >= 0.6 is 0 Å². The van der Waals surface area contributed by atoms with Gasteiger partial charge >= 0.3 is 0 Å². The number of anilines is 1. The van der Waals surface area contributed by atoms with Crippen LogP contribution in [0.1, 0.15) is 11.7 Å². The SMILES string of the molecule is COc1nc(N)ncc1C1N=C2C(=O)NC=C2N1. The summed E-state index contributed by atoms with van der Waals surface area (Å²) in [6.45, 7) is 0. The second kappa shape index (κ2) is 3.69. The average Bonchev–Trinajstić information content (AvgIpc) is 2.92. The van der Waals surface area contributed by atoms with Crippen molar-refractivity contribution in [1.29, 1.82) is 0 Å². The number of nitrogens with one attached hydrogen (secondary N) is 2. The minimum atomic E-state index is -0.437. The number of fused-ring (bicyclic) bond motifs is 1. The fourth-order valence-corrected chi connectivity index (χ4v) is 1.83. The summed E-state index contributed by atoms with van der Waals surface area (Å²) >= 11 is 0. The van der Waals surface area contributed by atoms with Gasteiger partial charge in [0.2, 0.25) is 11.8 Å². The number of carbonyl (C=O) groups is 1. The van der Waals surface area contributed by atoms with E-state index in [1.54, 1.807) is 6.20 Å². The Bertz CT molecular complexity index is 594. The van der Waals surface area contributed by atoms with Crippen molar-refractivity contribution in [2.24, 2.45) is 4.99 Å². The van der Waals surface area contributed by atoms with Crippen LogP contribution in [0.4, 0.5) is 5.95 Å². The molecule has 1 aromatic heterocycles. The van der Waals surface area contributed by atoms with Crippen molar-refractivity contribution in [3.63, 3.8) is 0 Å². The summed E-state index contributed by atoms with van der Waals surface area (Å²) in [7, 11) is 1.49. The minimum absolute atomic E-state index is 0.124. The number of carbonyl (C=O) groups excluding carboxylic acids is 1. The van der Waals surface area contributed by atoms with E-state index in [9.17, 15) is 4.79 Å². The Morgan fingerprint density at radius 1 is 1.50 bits per heavy atom. The van der Waals surface area contributed by atoms with Gasteiger partial charge in [-0.05, 0) is 0 Å². The molecule has 0 bridgehead atoms. The van der Waals surface area contributed by atoms with Crippen LogP contribution in [0.2, 0.25) is 0 Å². The molecule has 3 rings (SSSR count). The number of nitrogens with zero attached hydrogens (tertiary/aromatic N) is 3. The van der Waals surface area contributed by atoms with Gasteiger partial charge in [-0.2, -0.15) is 4.98 Å². The van der Waals surface area contributed by atoms with Crippen molar-refractivity contribution >= 4 is 17.6 Å². The van der Waals surface area contributed by atoms with E-state index >= 15 is 0 Å². The third-order valence-corrected chi connectivity index (χ3v) is 2.66. The monoisotopic (exact) mass is 246 g/mol. The van der Waals surface area contributed by atoms with E-state index in [1.165, 1.54) is 13.3 Å². The topological polar surface area (TPSA) is 115 Å². The first-order chi connectivity index (χ1) is 8.69. The second-order valence-electron chi connectivity index (χ2n) is 3.75. The number of amides is 1. The third-order valence-electron chi connectivity index (χ3n) is 2.66. The summed E-state index contributed by atoms with van der Waals surface area (Å²) in [4.78, 5) is 23.6. The third kappa shape index (κ3) is 1.46. The summed E-state index contributed by atoms with van der Waals surface area (Å²) in [5.74, 6) is 0.235. The highest BCUT2D eigenvalue weighted by Crippen LogP contribution is 2.29. The lowest BCUT2D eigenvalue weighted by Crippen LogP contribution is -2.19. The number of hydrogen-bond donors (Lipinski definition) is 3. The Hall–Kier alpha value is -2.64. The summed E-state index contributed by atoms with van der Waals surface area (Å²) in [5, 5.41) is 5.62. The summed E-state index contributed by atoms with van der Waals surface area (Å²) < 4.78 is 5.13. The van der Waals surface area contributed by atoms with Crippen molar-refractivity contribution in [3.8, 4) is 5.88 Å². The molecule has 2 aliphatic heterocycles. The van der Waals surface area contributed by atoms with Gasteiger partial charge in [-0.1, -0.05) is 0 Å². The van der Waals surface area contributed by atoms with Crippen LogP contribution in [-0.2, 0) is 4.79 Å². The number of nitrogens with two attached hydrogens (primary N) is 1. The molecule has 0 spiro atoms. The van der Waals surface area contributed by atoms with Crippen molar-refractivity contribution in [3.05, 3.63) is 23.7 Å². The predicted octanol–water partition coefficient (Wildman–Crippen LogP) is -0.919. The largest absolute Gasteiger partial charge is 0.481 e. The molecule has 8 nitrogen and oxygen atoms in total. The van der Waals surface area contributed by atoms with Gasteiger partial charge < -0.3 is 21.1 Å². The van der Waals surface area contributed by atoms with Gasteiger partial charge in [0.15, 0.2) is 11.9 Å². The first-order valence-corrected chi connectivity index (χ1v) is 5.21. The van der Waals surface area contributed by atoms with Crippen molar-refractivity contribution in [2.75, 3.05) is 12.8 Å². The predicted molar refractivity (Wildman–Crippen MR) is 62.5 cm³/mol. The van der Waals surface area contributed by atoms with Crippen LogP contribution in [-0.4, -0.2) is 28.7 Å². The van der Waals surface area contributed by atoms with Crippen LogP contribution < -0.4 is 21.1 Å². The molecule has 1 aromatic rings. The van der Waals surface area contributed by atoms with Gasteiger partial charge in [0.1, 0.15) is 0 Å². The Labute approximate surface area is 102 Å². The van der Waals surface area contributed by atoms with Crippen molar-refractivity contribution < 1.29 is 9.53 Å². The number of methoxy groups -OCH3 is 1. The maximum absolute atomic E-state index is 11.4. The normalized spacial score (nSPS) is 20.7. The van der Waals surface area contributed by atoms with E-state index in [4.69, 9.17) is 10.5 Å². The van der Waals surface area contributed by atoms with Gasteiger partial charge in [0.05, 0.1) is 18.4 Å². The van der Waals surface area contributed by atoms with Crippen LogP contribution in [0.25, 0.3) is 0 Å². The molecule has 8 heteroatoms. The molecule has 3 heterocycles. The zero-order chi connectivity index (χ0) is 12.7. The zero-order valence-corrected chi connectivity index (χ0v) is 9.47. The first kappa shape index (κ1) is 10.5. The van der Waals surface area contributed by atoms with E-state index in [1.807, 2.05) is 0 Å². The van der Waals surface area contributed by atoms with Crippen molar-refractivity contribution in [1.82, 2.24) is 20.6 Å². The van der Waals surface area contributed by atoms with Gasteiger partial charge in [0.25, 0.3) is 5.91 Å². The molecule has 92 valence electrons. The molecule has 0 aliphatic carbocycles. The number of nitrogen functional groups attached to an aromatic ring is 1. The standard InChI is InChI=1S/C10H10N6O2/c1-18-9-4(2-13-10(11)16-9)7-14-5-3-12-8(17)6(5)15-7/h2-3,7,14H,1H3,(H,12,17)(H2,11,13,16). The minimum Gasteiger partial charge on any atom is -0.481 e. The highest BCUT2D eigenvalue weighted by atomic mass is 16.5. The highest BCUT2D eigenvalue weighted by molar-refractivity contribution is 6.47. The molecular formula is C10H10N6O2. The van der Waals surface area contributed by atoms with Gasteiger partial charge in [-0.15, -0.1) is 0 Å². The van der Waals surface area contributed by atoms with Crippen LogP contribution in [0.3, 0.4) is 0 Å². The van der Waals surface area contributed by atoms with E-state index in [0.29, 0.717) is 22.9 Å². The van der Waals surface area contributed by atoms with Gasteiger partial charge in [-0.3, -0.25) is 4.79 Å². The molecule has 4 N–H and O–H groups in total. The lowest BCUT2D eigenvalue weighted by molar-refractivity contribution is -0.113. The Balaban J connectivity index is 1.99. The van der Waals surface area contributed by atoms with E-state index in [2.05, 4.69) is 25.6 Å². The van der Waals surface area contributed by atoms with Crippen LogP contribution in [0.5, 0.6) is 5.88 Å². The molecule has 18 heavy (non-hydrogen) atoms. The lowest BCUT2D eigenvalue weighted by atomic mass is 10.2. The van der Waals surface area contributed by atoms with Crippen LogP contribution in [0.15, 0.2) is 23.1 Å². The van der Waals surface area contributed by atoms with E-state index < -0.39 is 6.17 Å². The summed E-state index contributed by atoms with van der Waals surface area (Å²) in [6, 6.07) is 0. The Kier molecular flexibility index (Phi) is 2.15. The highest BCUT2D eigenvalue weighted by Gasteiger charge is 2.33. The molecule has 1 amide bonds. The molecule has 0 fully saturated rings. The molecule has 2 aliphatic rings. The molecule has 0 radical (unpaired) electrons. The van der Waals surface area contributed by atoms with Crippen molar-refractivity contribution in [2.45, 2.75) is 6.17 Å². The Morgan fingerprint density at radius 3 is 3.06 bits per heavy atom. The van der Waals surface area contributed by atoms with Crippen LogP contribution in [0, 0.1) is 0 Å². The number of aromatic nitrogens is 2. The zero-order valence-electron chi connectivity index (χ0n) is 9.47. The maximum atomic E-state index is 11.4.